The van der Waals surface area contributed by atoms with Crippen molar-refractivity contribution in [1.82, 2.24) is 5.32 Å². The molecule has 1 aliphatic carbocycles. The minimum Gasteiger partial charge on any atom is -0.405 e. The first-order valence-corrected chi connectivity index (χ1v) is 7.08. The molecule has 1 amide bonds. The Morgan fingerprint density at radius 2 is 2.04 bits per heavy atom. The van der Waals surface area contributed by atoms with Crippen molar-refractivity contribution in [3.63, 3.8) is 0 Å². The Morgan fingerprint density at radius 3 is 2.65 bits per heavy atom. The molecule has 0 aliphatic heterocycles. The van der Waals surface area contributed by atoms with Crippen molar-refractivity contribution in [3.05, 3.63) is 29.8 Å². The zero-order chi connectivity index (χ0) is 17.3. The molecule has 3 atom stereocenters. The molecule has 128 valence electrons. The summed E-state index contributed by atoms with van der Waals surface area (Å²) in [5, 5.41) is 21.0. The number of carbonyl (C=O) groups excluding carboxylic acids is 1. The van der Waals surface area contributed by atoms with E-state index >= 15 is 0 Å². The highest BCUT2D eigenvalue weighted by Crippen LogP contribution is 2.51. The highest BCUT2D eigenvalue weighted by atomic mass is 19.4. The quantitative estimate of drug-likeness (QED) is 0.738. The normalized spacial score (nSPS) is 23.0. The number of carbonyl (C=O) groups is 1. The summed E-state index contributed by atoms with van der Waals surface area (Å²) < 4.78 is 41.2. The maximum absolute atomic E-state index is 12.4. The number of aliphatic hydroxyl groups excluding tert-OH is 1. The van der Waals surface area contributed by atoms with Crippen LogP contribution in [-0.2, 0) is 4.79 Å². The fourth-order valence-electron chi connectivity index (χ4n) is 2.30. The summed E-state index contributed by atoms with van der Waals surface area (Å²) in [6.07, 6.45) is -4.38. The molecule has 0 aromatic heterocycles. The standard InChI is InChI=1S/C15H18F3NO4/c1-14(22,8-20)7-19-13(21)11-6-10(11)9-4-2-3-5-12(9)23-15(16,17)18/h2-5,10-11,20,22H,6-8H2,1H3,(H,19,21)/t10-,11+,14-/m1/s1. The van der Waals surface area contributed by atoms with Crippen LogP contribution in [0.25, 0.3) is 0 Å². The van der Waals surface area contributed by atoms with Crippen LogP contribution >= 0.6 is 0 Å². The van der Waals surface area contributed by atoms with Crippen LogP contribution in [0.15, 0.2) is 24.3 Å². The largest absolute Gasteiger partial charge is 0.573 e. The molecule has 23 heavy (non-hydrogen) atoms. The van der Waals surface area contributed by atoms with Gasteiger partial charge < -0.3 is 20.3 Å². The highest BCUT2D eigenvalue weighted by Gasteiger charge is 2.46. The Morgan fingerprint density at radius 1 is 1.39 bits per heavy atom. The van der Waals surface area contributed by atoms with E-state index in [0.29, 0.717) is 12.0 Å². The van der Waals surface area contributed by atoms with E-state index < -0.39 is 24.5 Å². The van der Waals surface area contributed by atoms with Crippen molar-refractivity contribution in [2.75, 3.05) is 13.2 Å². The molecule has 3 N–H and O–H groups in total. The van der Waals surface area contributed by atoms with Crippen LogP contribution < -0.4 is 10.1 Å². The zero-order valence-electron chi connectivity index (χ0n) is 12.4. The molecule has 5 nitrogen and oxygen atoms in total. The minimum absolute atomic E-state index is 0.133. The van der Waals surface area contributed by atoms with Crippen LogP contribution in [0.4, 0.5) is 13.2 Å². The average Bonchev–Trinajstić information content (AvgIpc) is 3.24. The zero-order valence-corrected chi connectivity index (χ0v) is 12.4. The number of amides is 1. The lowest BCUT2D eigenvalue weighted by Crippen LogP contribution is -2.43. The topological polar surface area (TPSA) is 78.8 Å². The Balaban J connectivity index is 2.00. The first kappa shape index (κ1) is 17.6. The van der Waals surface area contributed by atoms with Crippen molar-refractivity contribution < 1.29 is 32.9 Å². The molecule has 0 spiro atoms. The number of ether oxygens (including phenoxy) is 1. The summed E-state index contributed by atoms with van der Waals surface area (Å²) in [4.78, 5) is 12.0. The van der Waals surface area contributed by atoms with E-state index in [0.717, 1.165) is 0 Å². The molecule has 1 aromatic carbocycles. The highest BCUT2D eigenvalue weighted by molar-refractivity contribution is 5.83. The first-order chi connectivity index (χ1) is 10.6. The Kier molecular flexibility index (Phi) is 4.86. The monoisotopic (exact) mass is 333 g/mol. The lowest BCUT2D eigenvalue weighted by atomic mass is 10.1. The molecule has 2 rings (SSSR count). The van der Waals surface area contributed by atoms with E-state index in [4.69, 9.17) is 5.11 Å². The molecule has 1 aromatic rings. The van der Waals surface area contributed by atoms with Crippen molar-refractivity contribution in [2.24, 2.45) is 5.92 Å². The van der Waals surface area contributed by atoms with Gasteiger partial charge in [0.2, 0.25) is 5.91 Å². The van der Waals surface area contributed by atoms with Crippen molar-refractivity contribution in [1.29, 1.82) is 0 Å². The van der Waals surface area contributed by atoms with E-state index in [1.165, 1.54) is 25.1 Å². The van der Waals surface area contributed by atoms with Gasteiger partial charge in [0.05, 0.1) is 6.61 Å². The Hall–Kier alpha value is -1.80. The second-order valence-electron chi connectivity index (χ2n) is 5.91. The summed E-state index contributed by atoms with van der Waals surface area (Å²) in [5.41, 5.74) is -1.10. The van der Waals surface area contributed by atoms with Crippen molar-refractivity contribution in [3.8, 4) is 5.75 Å². The second kappa shape index (κ2) is 6.37. The van der Waals surface area contributed by atoms with Gasteiger partial charge in [-0.05, 0) is 30.9 Å². The third kappa shape index (κ3) is 4.84. The van der Waals surface area contributed by atoms with E-state index in [9.17, 15) is 23.1 Å². The molecular weight excluding hydrogens is 315 g/mol. The predicted molar refractivity (Wildman–Crippen MR) is 74.7 cm³/mol. The van der Waals surface area contributed by atoms with E-state index in [1.54, 1.807) is 6.07 Å². The van der Waals surface area contributed by atoms with Gasteiger partial charge in [-0.3, -0.25) is 4.79 Å². The molecule has 1 aliphatic rings. The van der Waals surface area contributed by atoms with Gasteiger partial charge >= 0.3 is 6.36 Å². The fraction of sp³-hybridized carbons (Fsp3) is 0.533. The van der Waals surface area contributed by atoms with Gasteiger partial charge in [-0.2, -0.15) is 0 Å². The third-order valence-electron chi connectivity index (χ3n) is 3.66. The minimum atomic E-state index is -4.79. The van der Waals surface area contributed by atoms with Gasteiger partial charge in [-0.25, -0.2) is 0 Å². The van der Waals surface area contributed by atoms with E-state index in [2.05, 4.69) is 10.1 Å². The Bertz CT molecular complexity index is 574. The van der Waals surface area contributed by atoms with Crippen LogP contribution in [0.3, 0.4) is 0 Å². The number of benzene rings is 1. The number of para-hydroxylation sites is 1. The lowest BCUT2D eigenvalue weighted by Gasteiger charge is -2.20. The fourth-order valence-corrected chi connectivity index (χ4v) is 2.30. The van der Waals surface area contributed by atoms with Crippen LogP contribution in [0.2, 0.25) is 0 Å². The van der Waals surface area contributed by atoms with Gasteiger partial charge in [0.25, 0.3) is 0 Å². The molecule has 8 heteroatoms. The number of hydrogen-bond acceptors (Lipinski definition) is 4. The molecule has 0 saturated heterocycles. The summed E-state index contributed by atoms with van der Waals surface area (Å²) in [5.74, 6) is -1.50. The molecule has 0 unspecified atom stereocenters. The smallest absolute Gasteiger partial charge is 0.405 e. The Labute approximate surface area is 131 Å². The third-order valence-corrected chi connectivity index (χ3v) is 3.66. The van der Waals surface area contributed by atoms with Gasteiger partial charge in [-0.1, -0.05) is 18.2 Å². The van der Waals surface area contributed by atoms with Crippen molar-refractivity contribution >= 4 is 5.91 Å². The number of hydrogen-bond donors (Lipinski definition) is 3. The molecule has 0 heterocycles. The summed E-state index contributed by atoms with van der Waals surface area (Å²) in [7, 11) is 0. The van der Waals surface area contributed by atoms with Gasteiger partial charge in [-0.15, -0.1) is 13.2 Å². The van der Waals surface area contributed by atoms with Gasteiger partial charge in [0, 0.05) is 12.5 Å². The molecular formula is C15H18F3NO4. The van der Waals surface area contributed by atoms with Gasteiger partial charge in [0.1, 0.15) is 11.4 Å². The number of halogens is 3. The maximum Gasteiger partial charge on any atom is 0.573 e. The predicted octanol–water partition coefficient (Wildman–Crippen LogP) is 1.55. The van der Waals surface area contributed by atoms with E-state index in [1.807, 2.05) is 0 Å². The van der Waals surface area contributed by atoms with Crippen LogP contribution in [0.5, 0.6) is 5.75 Å². The molecule has 0 bridgehead atoms. The summed E-state index contributed by atoms with van der Waals surface area (Å²) in [6, 6.07) is 5.73. The first-order valence-electron chi connectivity index (χ1n) is 7.08. The molecule has 1 saturated carbocycles. The van der Waals surface area contributed by atoms with E-state index in [-0.39, 0.29) is 24.1 Å². The molecule has 0 radical (unpaired) electrons. The number of aliphatic hydroxyl groups is 2. The second-order valence-corrected chi connectivity index (χ2v) is 5.91. The van der Waals surface area contributed by atoms with Crippen molar-refractivity contribution in [2.45, 2.75) is 31.2 Å². The number of alkyl halides is 3. The van der Waals surface area contributed by atoms with Gasteiger partial charge in [0.15, 0.2) is 0 Å². The van der Waals surface area contributed by atoms with Crippen LogP contribution in [-0.4, -0.2) is 41.2 Å². The number of rotatable bonds is 6. The SMILES string of the molecule is C[C@](O)(CO)CNC(=O)[C@H]1C[C@@H]1c1ccccc1OC(F)(F)F. The average molecular weight is 333 g/mol. The summed E-state index contributed by atoms with van der Waals surface area (Å²) in [6.45, 7) is 0.722. The lowest BCUT2D eigenvalue weighted by molar-refractivity contribution is -0.274. The summed E-state index contributed by atoms with van der Waals surface area (Å²) >= 11 is 0. The maximum atomic E-state index is 12.4. The van der Waals surface area contributed by atoms with Crippen LogP contribution in [0, 0.1) is 5.92 Å². The van der Waals surface area contributed by atoms with Crippen LogP contribution in [0.1, 0.15) is 24.8 Å². The number of nitrogens with one attached hydrogen (secondary N) is 1. The molecule has 1 fully saturated rings.